The van der Waals surface area contributed by atoms with Crippen LogP contribution in [0.1, 0.15) is 23.5 Å². The van der Waals surface area contributed by atoms with Gasteiger partial charge in [-0.1, -0.05) is 12.1 Å². The maximum Gasteiger partial charge on any atom is 0.387 e. The average Bonchev–Trinajstić information content (AvgIpc) is 3.02. The molecule has 24 heavy (non-hydrogen) atoms. The lowest BCUT2D eigenvalue weighted by atomic mass is 9.85. The molecule has 0 unspecified atom stereocenters. The number of halogens is 2. The molecule has 0 N–H and O–H groups in total. The van der Waals surface area contributed by atoms with Crippen LogP contribution in [0.2, 0.25) is 0 Å². The van der Waals surface area contributed by atoms with Crippen LogP contribution in [0, 0.1) is 0 Å². The van der Waals surface area contributed by atoms with Gasteiger partial charge in [-0.05, 0) is 29.8 Å². The second-order valence-corrected chi connectivity index (χ2v) is 5.82. The van der Waals surface area contributed by atoms with E-state index in [1.165, 1.54) is 12.1 Å². The molecule has 2 heterocycles. The molecule has 3 aromatic rings. The van der Waals surface area contributed by atoms with Crippen LogP contribution in [0.3, 0.4) is 0 Å². The summed E-state index contributed by atoms with van der Waals surface area (Å²) >= 11 is 1.07. The lowest BCUT2D eigenvalue weighted by Crippen LogP contribution is -2.21. The molecule has 1 atom stereocenters. The third-order valence-electron chi connectivity index (χ3n) is 3.86. The van der Waals surface area contributed by atoms with E-state index in [1.807, 2.05) is 0 Å². The molecular weight excluding hydrogens is 338 g/mol. The van der Waals surface area contributed by atoms with Crippen LogP contribution in [0.4, 0.5) is 8.78 Å². The summed E-state index contributed by atoms with van der Waals surface area (Å²) in [6.07, 6.45) is 0.0990. The molecule has 1 aliphatic rings. The Hall–Kier alpha value is -2.61. The summed E-state index contributed by atoms with van der Waals surface area (Å²) in [5.41, 5.74) is 2.80. The second-order valence-electron chi connectivity index (χ2n) is 5.29. The smallest absolute Gasteiger partial charge is 0.387 e. The first kappa shape index (κ1) is 14.9. The van der Waals surface area contributed by atoms with Crippen molar-refractivity contribution in [3.8, 4) is 11.5 Å². The molecule has 122 valence electrons. The van der Waals surface area contributed by atoms with Crippen molar-refractivity contribution in [3.63, 3.8) is 0 Å². The molecule has 0 amide bonds. The van der Waals surface area contributed by atoms with Crippen LogP contribution in [0.25, 0.3) is 11.0 Å². The summed E-state index contributed by atoms with van der Waals surface area (Å²) in [7, 11) is 0. The summed E-state index contributed by atoms with van der Waals surface area (Å²) in [6, 6.07) is 9.77. The van der Waals surface area contributed by atoms with Crippen LogP contribution in [0.5, 0.6) is 11.5 Å². The molecule has 1 aromatic heterocycles. The summed E-state index contributed by atoms with van der Waals surface area (Å²) in [5.74, 6) is -0.256. The minimum Gasteiger partial charge on any atom is -0.435 e. The standard InChI is InChI=1S/C16H10F2N2O3S/c17-16(18)22-9-3-1-2-8(6-9)10-7-13(21)23-12-5-4-11-15(14(10)12)20-24-19-11/h1-6,10,16H,7H2/t10-/m0/s1. The molecule has 0 fully saturated rings. The molecule has 0 aliphatic carbocycles. The van der Waals surface area contributed by atoms with Gasteiger partial charge >= 0.3 is 12.6 Å². The number of aromatic nitrogens is 2. The monoisotopic (exact) mass is 348 g/mol. The third kappa shape index (κ3) is 2.58. The normalized spacial score (nSPS) is 17.0. The maximum absolute atomic E-state index is 12.4. The van der Waals surface area contributed by atoms with Crippen LogP contribution in [-0.4, -0.2) is 21.3 Å². The first-order valence-electron chi connectivity index (χ1n) is 7.12. The number of alkyl halides is 2. The number of carbonyl (C=O) groups excluding carboxylic acids is 1. The number of rotatable bonds is 3. The SMILES string of the molecule is O=C1C[C@@H](c2cccc(OC(F)F)c2)c2c(ccc3nsnc23)O1. The van der Waals surface area contributed by atoms with Gasteiger partial charge in [0.1, 0.15) is 22.5 Å². The molecule has 0 radical (unpaired) electrons. The minimum atomic E-state index is -2.90. The summed E-state index contributed by atoms with van der Waals surface area (Å²) in [4.78, 5) is 11.9. The number of nitrogens with zero attached hydrogens (tertiary/aromatic N) is 2. The number of ether oxygens (including phenoxy) is 2. The molecule has 8 heteroatoms. The fourth-order valence-electron chi connectivity index (χ4n) is 2.90. The molecule has 0 saturated heterocycles. The molecule has 2 aromatic carbocycles. The largest absolute Gasteiger partial charge is 0.435 e. The Balaban J connectivity index is 1.85. The highest BCUT2D eigenvalue weighted by molar-refractivity contribution is 7.00. The quantitative estimate of drug-likeness (QED) is 0.533. The number of hydrogen-bond acceptors (Lipinski definition) is 6. The van der Waals surface area contributed by atoms with Gasteiger partial charge in [-0.15, -0.1) is 0 Å². The lowest BCUT2D eigenvalue weighted by molar-refractivity contribution is -0.135. The van der Waals surface area contributed by atoms with Crippen molar-refractivity contribution in [1.29, 1.82) is 0 Å². The lowest BCUT2D eigenvalue weighted by Gasteiger charge is -2.25. The van der Waals surface area contributed by atoms with E-state index in [0.29, 0.717) is 22.3 Å². The Morgan fingerprint density at radius 1 is 1.25 bits per heavy atom. The van der Waals surface area contributed by atoms with Gasteiger partial charge in [0.05, 0.1) is 18.1 Å². The summed E-state index contributed by atoms with van der Waals surface area (Å²) < 4.78 is 43.1. The maximum atomic E-state index is 12.4. The highest BCUT2D eigenvalue weighted by atomic mass is 32.1. The Kier molecular flexibility index (Phi) is 3.61. The Morgan fingerprint density at radius 3 is 2.96 bits per heavy atom. The van der Waals surface area contributed by atoms with E-state index in [1.54, 1.807) is 24.3 Å². The molecule has 0 saturated carbocycles. The van der Waals surface area contributed by atoms with Gasteiger partial charge in [0.25, 0.3) is 0 Å². The van der Waals surface area contributed by atoms with Crippen molar-refractivity contribution in [2.75, 3.05) is 0 Å². The van der Waals surface area contributed by atoms with E-state index in [2.05, 4.69) is 13.5 Å². The van der Waals surface area contributed by atoms with Gasteiger partial charge < -0.3 is 9.47 Å². The molecular formula is C16H10F2N2O3S. The number of carbonyl (C=O) groups is 1. The molecule has 0 spiro atoms. The number of benzene rings is 2. The fraction of sp³-hybridized carbons (Fsp3) is 0.188. The zero-order valence-electron chi connectivity index (χ0n) is 12.1. The number of esters is 1. The molecule has 4 rings (SSSR count). The Labute approximate surface area is 139 Å². The molecule has 1 aliphatic heterocycles. The summed E-state index contributed by atoms with van der Waals surface area (Å²) in [6.45, 7) is -2.90. The highest BCUT2D eigenvalue weighted by Crippen LogP contribution is 2.42. The van der Waals surface area contributed by atoms with Crippen LogP contribution >= 0.6 is 11.7 Å². The first-order valence-corrected chi connectivity index (χ1v) is 7.85. The fourth-order valence-corrected chi connectivity index (χ4v) is 3.45. The predicted octanol–water partition coefficient (Wildman–Crippen LogP) is 3.73. The zero-order chi connectivity index (χ0) is 16.7. The van der Waals surface area contributed by atoms with Gasteiger partial charge in [-0.3, -0.25) is 4.79 Å². The van der Waals surface area contributed by atoms with Crippen molar-refractivity contribution in [1.82, 2.24) is 8.75 Å². The topological polar surface area (TPSA) is 61.3 Å². The van der Waals surface area contributed by atoms with Crippen LogP contribution in [0.15, 0.2) is 36.4 Å². The number of hydrogen-bond donors (Lipinski definition) is 0. The van der Waals surface area contributed by atoms with Crippen LogP contribution in [-0.2, 0) is 4.79 Å². The second kappa shape index (κ2) is 5.79. The van der Waals surface area contributed by atoms with Gasteiger partial charge in [-0.25, -0.2) is 0 Å². The van der Waals surface area contributed by atoms with Crippen molar-refractivity contribution >= 4 is 28.7 Å². The van der Waals surface area contributed by atoms with E-state index in [4.69, 9.17) is 4.74 Å². The van der Waals surface area contributed by atoms with Gasteiger partial charge in [0, 0.05) is 11.5 Å². The van der Waals surface area contributed by atoms with Crippen molar-refractivity contribution in [3.05, 3.63) is 47.5 Å². The Morgan fingerprint density at radius 2 is 2.12 bits per heavy atom. The zero-order valence-corrected chi connectivity index (χ0v) is 12.9. The summed E-state index contributed by atoms with van der Waals surface area (Å²) in [5, 5.41) is 0. The van der Waals surface area contributed by atoms with E-state index in [-0.39, 0.29) is 24.1 Å². The average molecular weight is 348 g/mol. The molecule has 5 nitrogen and oxygen atoms in total. The third-order valence-corrected chi connectivity index (χ3v) is 4.40. The van der Waals surface area contributed by atoms with Crippen molar-refractivity contribution in [2.24, 2.45) is 0 Å². The van der Waals surface area contributed by atoms with E-state index < -0.39 is 6.61 Å². The first-order chi connectivity index (χ1) is 11.6. The molecule has 0 bridgehead atoms. The van der Waals surface area contributed by atoms with Gasteiger partial charge in [0.15, 0.2) is 0 Å². The van der Waals surface area contributed by atoms with E-state index >= 15 is 0 Å². The number of fused-ring (bicyclic) bond motifs is 3. The van der Waals surface area contributed by atoms with Crippen molar-refractivity contribution < 1.29 is 23.0 Å². The van der Waals surface area contributed by atoms with E-state index in [0.717, 1.165) is 17.3 Å². The highest BCUT2D eigenvalue weighted by Gasteiger charge is 2.31. The Bertz CT molecular complexity index is 929. The van der Waals surface area contributed by atoms with Crippen molar-refractivity contribution in [2.45, 2.75) is 19.0 Å². The van der Waals surface area contributed by atoms with Gasteiger partial charge in [0.2, 0.25) is 0 Å². The van der Waals surface area contributed by atoms with Gasteiger partial charge in [-0.2, -0.15) is 17.5 Å². The van der Waals surface area contributed by atoms with E-state index in [9.17, 15) is 13.6 Å². The predicted molar refractivity (Wildman–Crippen MR) is 82.6 cm³/mol. The van der Waals surface area contributed by atoms with Crippen LogP contribution < -0.4 is 9.47 Å². The minimum absolute atomic E-state index is 0.0477.